The minimum Gasteiger partial charge on any atom is -0.472 e. The average molecular weight is 548 g/mol. The largest absolute Gasteiger partial charge is 0.472 e. The van der Waals surface area contributed by atoms with Crippen LogP contribution in [0.5, 0.6) is 5.75 Å². The number of nitrogen functional groups attached to an aromatic ring is 1. The van der Waals surface area contributed by atoms with E-state index in [9.17, 15) is 27.5 Å². The predicted molar refractivity (Wildman–Crippen MR) is 141 cm³/mol. The highest BCUT2D eigenvalue weighted by molar-refractivity contribution is 6.27. The molecule has 3 N–H and O–H groups in total. The number of ether oxygens (including phenoxy) is 2. The number of rotatable bonds is 10. The van der Waals surface area contributed by atoms with Crippen LogP contribution in [0.15, 0.2) is 74.9 Å². The summed E-state index contributed by atoms with van der Waals surface area (Å²) >= 11 is 0. The van der Waals surface area contributed by atoms with E-state index in [1.54, 1.807) is 38.5 Å². The fourth-order valence-electron chi connectivity index (χ4n) is 3.51. The lowest BCUT2D eigenvalue weighted by Gasteiger charge is -2.22. The number of anilines is 2. The highest BCUT2D eigenvalue weighted by Crippen LogP contribution is 2.28. The molecule has 0 bridgehead atoms. The minimum atomic E-state index is -3.04. The molecule has 0 amide bonds. The van der Waals surface area contributed by atoms with Crippen LogP contribution < -0.4 is 15.5 Å². The Morgan fingerprint density at radius 1 is 1.18 bits per heavy atom. The van der Waals surface area contributed by atoms with Gasteiger partial charge in [0.25, 0.3) is 6.43 Å². The second-order valence-corrected chi connectivity index (χ2v) is 7.94. The number of alkyl halides is 4. The molecular weight excluding hydrogens is 522 g/mol. The zero-order chi connectivity index (χ0) is 28.5. The summed E-state index contributed by atoms with van der Waals surface area (Å²) in [6.45, 7) is -4.62. The maximum Gasteiger partial charge on any atom is 0.387 e. The highest BCUT2D eigenvalue weighted by Gasteiger charge is 2.25. The molecule has 3 rings (SSSR count). The number of aliphatic imine (C=N–C) groups is 2. The number of aliphatic hydroxyl groups excluding tert-OH is 1. The summed E-state index contributed by atoms with van der Waals surface area (Å²) in [5, 5.41) is 16.1. The summed E-state index contributed by atoms with van der Waals surface area (Å²) in [5.41, 5.74) is 7.89. The van der Waals surface area contributed by atoms with Gasteiger partial charge in [-0.3, -0.25) is 14.8 Å². The summed E-state index contributed by atoms with van der Waals surface area (Å²) in [6.07, 6.45) is 0.444. The van der Waals surface area contributed by atoms with E-state index < -0.39 is 26.3 Å². The average Bonchev–Trinajstić information content (AvgIpc) is 2.90. The maximum absolute atomic E-state index is 12.8. The number of carbonyl (C=O) groups is 1. The van der Waals surface area contributed by atoms with Crippen LogP contribution >= 0.6 is 0 Å². The van der Waals surface area contributed by atoms with E-state index in [2.05, 4.69) is 19.8 Å². The number of halogens is 4. The Bertz CT molecular complexity index is 1340. The van der Waals surface area contributed by atoms with Crippen molar-refractivity contribution in [2.45, 2.75) is 13.0 Å². The van der Waals surface area contributed by atoms with Gasteiger partial charge in [0.1, 0.15) is 17.2 Å². The zero-order valence-corrected chi connectivity index (χ0v) is 20.9. The summed E-state index contributed by atoms with van der Waals surface area (Å²) in [6, 6.07) is 10.2. The number of nitrogens with zero attached hydrogens (tertiary/aromatic N) is 4. The first-order valence-electron chi connectivity index (χ1n) is 11.4. The van der Waals surface area contributed by atoms with Crippen LogP contribution in [0.1, 0.15) is 11.1 Å². The van der Waals surface area contributed by atoms with Crippen LogP contribution in [-0.4, -0.2) is 69.6 Å². The number of carbonyl (C=O) groups excluding carboxylic acids is 1. The third-order valence-electron chi connectivity index (χ3n) is 5.30. The van der Waals surface area contributed by atoms with Crippen molar-refractivity contribution in [2.75, 3.05) is 38.1 Å². The molecule has 2 aromatic rings. The van der Waals surface area contributed by atoms with Gasteiger partial charge in [0, 0.05) is 48.8 Å². The van der Waals surface area contributed by atoms with Gasteiger partial charge < -0.3 is 20.3 Å². The van der Waals surface area contributed by atoms with E-state index in [1.807, 2.05) is 0 Å². The van der Waals surface area contributed by atoms with Gasteiger partial charge in [0.15, 0.2) is 12.9 Å². The normalized spacial score (nSPS) is 16.0. The van der Waals surface area contributed by atoms with Gasteiger partial charge in [-0.25, -0.2) is 13.8 Å². The van der Waals surface area contributed by atoms with Crippen molar-refractivity contribution in [2.24, 2.45) is 15.1 Å². The van der Waals surface area contributed by atoms with Gasteiger partial charge in [0.05, 0.1) is 12.3 Å². The molecule has 0 radical (unpaired) electrons. The number of hydrazone groups is 1. The fraction of sp³-hybridized carbons (Fsp3) is 0.231. The standard InChI is InChI=1S/C26H25F4N5O4/c1-32-11-16-9-18(5-8-21(16)31)35(2)34-24-17(12-36)10-23(38-14-22(27)28)33-25(24)20(13-37)15-3-6-19(7-4-15)39-26(29)30/h3-11,13,22,26,36H,12,14,31H2,1-2H3/b25-20-,32-11?,34-24-. The number of nitrogens with two attached hydrogens (primary N) is 1. The first-order valence-corrected chi connectivity index (χ1v) is 11.4. The van der Waals surface area contributed by atoms with Crippen LogP contribution in [0.4, 0.5) is 28.9 Å². The molecule has 0 atom stereocenters. The van der Waals surface area contributed by atoms with Crippen molar-refractivity contribution in [1.29, 1.82) is 0 Å². The molecule has 39 heavy (non-hydrogen) atoms. The van der Waals surface area contributed by atoms with Crippen molar-refractivity contribution >= 4 is 41.1 Å². The summed E-state index contributed by atoms with van der Waals surface area (Å²) in [7, 11) is 3.19. The summed E-state index contributed by atoms with van der Waals surface area (Å²) in [4.78, 5) is 20.5. The molecule has 0 fully saturated rings. The number of dihydropyridines is 1. The van der Waals surface area contributed by atoms with Gasteiger partial charge in [-0.1, -0.05) is 12.1 Å². The number of hydrogen-bond donors (Lipinski definition) is 2. The van der Waals surface area contributed by atoms with Crippen molar-refractivity contribution < 1.29 is 36.9 Å². The SMILES string of the molecule is CN=Cc1cc(N(C)/N=C2/C(CO)=CC(OCC(F)F)=N/C2=C(/C=O)c2ccc(OC(F)F)cc2)ccc1N. The highest BCUT2D eigenvalue weighted by atomic mass is 19.3. The first-order chi connectivity index (χ1) is 18.7. The molecule has 0 unspecified atom stereocenters. The molecule has 0 spiro atoms. The number of allylic oxidation sites excluding steroid dienone is 2. The van der Waals surface area contributed by atoms with Crippen molar-refractivity contribution in [1.82, 2.24) is 0 Å². The van der Waals surface area contributed by atoms with E-state index in [0.717, 1.165) is 0 Å². The van der Waals surface area contributed by atoms with Gasteiger partial charge in [-0.15, -0.1) is 0 Å². The minimum absolute atomic E-state index is 0.0435. The van der Waals surface area contributed by atoms with Gasteiger partial charge in [-0.05, 0) is 35.9 Å². The molecule has 0 aromatic heterocycles. The van der Waals surface area contributed by atoms with Crippen molar-refractivity contribution in [3.63, 3.8) is 0 Å². The van der Waals surface area contributed by atoms with E-state index in [0.29, 0.717) is 23.2 Å². The smallest absolute Gasteiger partial charge is 0.387 e. The zero-order valence-electron chi connectivity index (χ0n) is 20.9. The van der Waals surface area contributed by atoms with Crippen LogP contribution in [0, 0.1) is 0 Å². The Morgan fingerprint density at radius 2 is 1.90 bits per heavy atom. The Morgan fingerprint density at radius 3 is 2.49 bits per heavy atom. The molecule has 13 heteroatoms. The van der Waals surface area contributed by atoms with E-state index in [1.165, 1.54) is 35.4 Å². The van der Waals surface area contributed by atoms with Crippen molar-refractivity contribution in [3.8, 4) is 5.75 Å². The van der Waals surface area contributed by atoms with Crippen LogP contribution in [0.25, 0.3) is 5.57 Å². The molecule has 0 saturated carbocycles. The van der Waals surface area contributed by atoms with E-state index in [-0.39, 0.29) is 39.8 Å². The number of aliphatic hydroxyl groups is 1. The topological polar surface area (TPSA) is 122 Å². The number of aldehydes is 1. The Hall–Kier alpha value is -4.52. The molecule has 1 aliphatic heterocycles. The molecule has 1 aliphatic rings. The van der Waals surface area contributed by atoms with Crippen LogP contribution in [0.2, 0.25) is 0 Å². The fourth-order valence-corrected chi connectivity index (χ4v) is 3.51. The molecule has 9 nitrogen and oxygen atoms in total. The third kappa shape index (κ3) is 7.51. The lowest BCUT2D eigenvalue weighted by molar-refractivity contribution is -0.103. The molecule has 206 valence electrons. The summed E-state index contributed by atoms with van der Waals surface area (Å²) in [5.74, 6) is -0.418. The number of benzene rings is 2. The quantitative estimate of drug-likeness (QED) is 0.116. The van der Waals surface area contributed by atoms with Gasteiger partial charge >= 0.3 is 6.61 Å². The molecule has 0 saturated heterocycles. The van der Waals surface area contributed by atoms with E-state index in [4.69, 9.17) is 10.5 Å². The first kappa shape index (κ1) is 29.0. The Kier molecular flexibility index (Phi) is 9.92. The molecule has 2 aromatic carbocycles. The maximum atomic E-state index is 12.8. The monoisotopic (exact) mass is 547 g/mol. The van der Waals surface area contributed by atoms with E-state index >= 15 is 0 Å². The second-order valence-electron chi connectivity index (χ2n) is 7.94. The van der Waals surface area contributed by atoms with Gasteiger partial charge in [0.2, 0.25) is 5.90 Å². The Labute approximate surface area is 221 Å². The van der Waals surface area contributed by atoms with Crippen LogP contribution in [-0.2, 0) is 9.53 Å². The lowest BCUT2D eigenvalue weighted by atomic mass is 9.97. The van der Waals surface area contributed by atoms with Gasteiger partial charge in [-0.2, -0.15) is 13.9 Å². The molecule has 0 aliphatic carbocycles. The number of hydrogen-bond acceptors (Lipinski definition) is 9. The van der Waals surface area contributed by atoms with Crippen LogP contribution in [0.3, 0.4) is 0 Å². The third-order valence-corrected chi connectivity index (χ3v) is 5.30. The molecule has 1 heterocycles. The summed E-state index contributed by atoms with van der Waals surface area (Å²) < 4.78 is 60.1. The second kappa shape index (κ2) is 13.3. The van der Waals surface area contributed by atoms with Crippen molar-refractivity contribution in [3.05, 3.63) is 70.9 Å². The molecular formula is C26H25F4N5O4. The Balaban J connectivity index is 2.16. The predicted octanol–water partition coefficient (Wildman–Crippen LogP) is 3.93. The lowest BCUT2D eigenvalue weighted by Crippen LogP contribution is -2.24.